The van der Waals surface area contributed by atoms with Crippen LogP contribution in [0.15, 0.2) is 72.8 Å². The van der Waals surface area contributed by atoms with Gasteiger partial charge in [-0.2, -0.15) is 0 Å². The van der Waals surface area contributed by atoms with Crippen LogP contribution in [0.25, 0.3) is 0 Å². The van der Waals surface area contributed by atoms with Crippen LogP contribution in [0, 0.1) is 0 Å². The average molecular weight is 340 g/mol. The van der Waals surface area contributed by atoms with Crippen molar-refractivity contribution >= 4 is 17.3 Å². The number of rotatable bonds is 6. The van der Waals surface area contributed by atoms with Crippen LogP contribution in [0.5, 0.6) is 17.2 Å². The summed E-state index contributed by atoms with van der Waals surface area (Å²) in [5, 5.41) is 4.08. The molecule has 0 fully saturated rings. The molecule has 0 aliphatic heterocycles. The average Bonchev–Trinajstić information content (AvgIpc) is 2.63. The van der Waals surface area contributed by atoms with Crippen molar-refractivity contribution in [3.63, 3.8) is 0 Å². The van der Waals surface area contributed by atoms with Crippen molar-refractivity contribution in [2.75, 3.05) is 12.4 Å². The Morgan fingerprint density at radius 1 is 0.750 bits per heavy atom. The van der Waals surface area contributed by atoms with Crippen molar-refractivity contribution in [3.8, 4) is 17.2 Å². The maximum Gasteiger partial charge on any atom is 0.127 e. The van der Waals surface area contributed by atoms with Gasteiger partial charge in [-0.1, -0.05) is 23.7 Å². The lowest BCUT2D eigenvalue weighted by Gasteiger charge is -2.09. The third kappa shape index (κ3) is 4.43. The summed E-state index contributed by atoms with van der Waals surface area (Å²) in [6.45, 7) is 0.751. The third-order valence-electron chi connectivity index (χ3n) is 3.56. The Morgan fingerprint density at radius 2 is 1.29 bits per heavy atom. The van der Waals surface area contributed by atoms with Crippen LogP contribution in [-0.4, -0.2) is 7.11 Å². The Hall–Kier alpha value is -2.65. The highest BCUT2D eigenvalue weighted by Gasteiger charge is 1.99. The van der Waals surface area contributed by atoms with E-state index in [9.17, 15) is 0 Å². The first-order chi connectivity index (χ1) is 11.7. The fourth-order valence-corrected chi connectivity index (χ4v) is 2.35. The van der Waals surface area contributed by atoms with Gasteiger partial charge in [-0.3, -0.25) is 0 Å². The zero-order valence-corrected chi connectivity index (χ0v) is 14.1. The van der Waals surface area contributed by atoms with Gasteiger partial charge in [0.25, 0.3) is 0 Å². The Balaban J connectivity index is 1.56. The highest BCUT2D eigenvalue weighted by molar-refractivity contribution is 6.30. The van der Waals surface area contributed by atoms with E-state index in [4.69, 9.17) is 21.1 Å². The van der Waals surface area contributed by atoms with Crippen LogP contribution >= 0.6 is 11.6 Å². The molecule has 24 heavy (non-hydrogen) atoms. The van der Waals surface area contributed by atoms with Gasteiger partial charge in [-0.05, 0) is 66.2 Å². The number of methoxy groups -OCH3 is 1. The van der Waals surface area contributed by atoms with Gasteiger partial charge in [0, 0.05) is 17.3 Å². The summed E-state index contributed by atoms with van der Waals surface area (Å²) in [6, 6.07) is 23.2. The molecular formula is C20H18ClNO2. The first kappa shape index (κ1) is 16.2. The molecule has 122 valence electrons. The molecule has 4 heteroatoms. The predicted molar refractivity (Wildman–Crippen MR) is 98.3 cm³/mol. The van der Waals surface area contributed by atoms with Crippen LogP contribution < -0.4 is 14.8 Å². The predicted octanol–water partition coefficient (Wildman–Crippen LogP) is 5.75. The standard InChI is InChI=1S/C20H18ClNO2/c1-23-18-8-2-15(3-9-18)14-22-17-6-12-20(13-7-17)24-19-10-4-16(21)5-11-19/h2-13,22H,14H2,1H3. The second kappa shape index (κ2) is 7.75. The van der Waals surface area contributed by atoms with Gasteiger partial charge in [0.1, 0.15) is 17.2 Å². The molecule has 3 rings (SSSR count). The minimum Gasteiger partial charge on any atom is -0.497 e. The van der Waals surface area contributed by atoms with Crippen LogP contribution in [0.1, 0.15) is 5.56 Å². The summed E-state index contributed by atoms with van der Waals surface area (Å²) in [5.74, 6) is 2.41. The molecule has 0 spiro atoms. The maximum absolute atomic E-state index is 5.87. The molecule has 0 heterocycles. The number of ether oxygens (including phenoxy) is 2. The van der Waals surface area contributed by atoms with E-state index in [0.717, 1.165) is 29.5 Å². The van der Waals surface area contributed by atoms with Crippen LogP contribution in [0.4, 0.5) is 5.69 Å². The summed E-state index contributed by atoms with van der Waals surface area (Å²) >= 11 is 5.87. The van der Waals surface area contributed by atoms with Gasteiger partial charge in [-0.15, -0.1) is 0 Å². The molecule has 0 aliphatic carbocycles. The number of benzene rings is 3. The lowest BCUT2D eigenvalue weighted by atomic mass is 10.2. The molecule has 0 aliphatic rings. The fraction of sp³-hybridized carbons (Fsp3) is 0.100. The summed E-state index contributed by atoms with van der Waals surface area (Å²) < 4.78 is 10.9. The van der Waals surface area contributed by atoms with Crippen molar-refractivity contribution in [2.45, 2.75) is 6.54 Å². The van der Waals surface area contributed by atoms with Gasteiger partial charge < -0.3 is 14.8 Å². The van der Waals surface area contributed by atoms with E-state index >= 15 is 0 Å². The molecule has 0 saturated heterocycles. The van der Waals surface area contributed by atoms with E-state index in [-0.39, 0.29) is 0 Å². The fourth-order valence-electron chi connectivity index (χ4n) is 2.23. The summed E-state index contributed by atoms with van der Waals surface area (Å²) in [6.07, 6.45) is 0. The van der Waals surface area contributed by atoms with Crippen molar-refractivity contribution in [2.24, 2.45) is 0 Å². The molecule has 0 atom stereocenters. The van der Waals surface area contributed by atoms with Gasteiger partial charge in [0.15, 0.2) is 0 Å². The van der Waals surface area contributed by atoms with E-state index < -0.39 is 0 Å². The van der Waals surface area contributed by atoms with Gasteiger partial charge in [0.05, 0.1) is 7.11 Å². The summed E-state index contributed by atoms with van der Waals surface area (Å²) in [7, 11) is 1.67. The van der Waals surface area contributed by atoms with E-state index in [1.165, 1.54) is 5.56 Å². The maximum atomic E-state index is 5.87. The highest BCUT2D eigenvalue weighted by Crippen LogP contribution is 2.24. The van der Waals surface area contributed by atoms with Crippen LogP contribution in [0.3, 0.4) is 0 Å². The van der Waals surface area contributed by atoms with Crippen molar-refractivity contribution < 1.29 is 9.47 Å². The highest BCUT2D eigenvalue weighted by atomic mass is 35.5. The van der Waals surface area contributed by atoms with Crippen LogP contribution in [0.2, 0.25) is 5.02 Å². The monoisotopic (exact) mass is 339 g/mol. The second-order valence-electron chi connectivity index (χ2n) is 5.28. The molecule has 3 aromatic rings. The summed E-state index contributed by atoms with van der Waals surface area (Å²) in [4.78, 5) is 0. The lowest BCUT2D eigenvalue weighted by Crippen LogP contribution is -1.99. The molecule has 3 aromatic carbocycles. The Labute approximate surface area is 146 Å². The van der Waals surface area contributed by atoms with Crippen molar-refractivity contribution in [1.82, 2.24) is 0 Å². The number of nitrogens with one attached hydrogen (secondary N) is 1. The molecule has 3 nitrogen and oxygen atoms in total. The molecule has 0 saturated carbocycles. The minimum atomic E-state index is 0.695. The Kier molecular flexibility index (Phi) is 5.24. The zero-order chi connectivity index (χ0) is 16.8. The summed E-state index contributed by atoms with van der Waals surface area (Å²) in [5.41, 5.74) is 2.23. The topological polar surface area (TPSA) is 30.5 Å². The number of hydrogen-bond acceptors (Lipinski definition) is 3. The van der Waals surface area contributed by atoms with Crippen LogP contribution in [-0.2, 0) is 6.54 Å². The largest absolute Gasteiger partial charge is 0.497 e. The number of halogens is 1. The van der Waals surface area contributed by atoms with Gasteiger partial charge in [0.2, 0.25) is 0 Å². The third-order valence-corrected chi connectivity index (χ3v) is 3.81. The second-order valence-corrected chi connectivity index (χ2v) is 5.72. The first-order valence-corrected chi connectivity index (χ1v) is 8.01. The molecule has 0 aromatic heterocycles. The molecule has 0 unspecified atom stereocenters. The quantitative estimate of drug-likeness (QED) is 0.620. The molecule has 0 amide bonds. The molecule has 1 N–H and O–H groups in total. The Morgan fingerprint density at radius 3 is 1.88 bits per heavy atom. The normalized spacial score (nSPS) is 10.2. The van der Waals surface area contributed by atoms with Crippen molar-refractivity contribution in [3.05, 3.63) is 83.4 Å². The smallest absolute Gasteiger partial charge is 0.127 e. The first-order valence-electron chi connectivity index (χ1n) is 7.63. The van der Waals surface area contributed by atoms with E-state index in [1.807, 2.05) is 72.8 Å². The van der Waals surface area contributed by atoms with E-state index in [0.29, 0.717) is 5.02 Å². The number of anilines is 1. The molecular weight excluding hydrogens is 322 g/mol. The van der Waals surface area contributed by atoms with Gasteiger partial charge >= 0.3 is 0 Å². The zero-order valence-electron chi connectivity index (χ0n) is 13.3. The van der Waals surface area contributed by atoms with E-state index in [1.54, 1.807) is 7.11 Å². The van der Waals surface area contributed by atoms with E-state index in [2.05, 4.69) is 5.32 Å². The Bertz CT molecular complexity index is 768. The van der Waals surface area contributed by atoms with Crippen molar-refractivity contribution in [1.29, 1.82) is 0 Å². The molecule has 0 radical (unpaired) electrons. The lowest BCUT2D eigenvalue weighted by molar-refractivity contribution is 0.414. The molecule has 0 bridgehead atoms. The number of hydrogen-bond donors (Lipinski definition) is 1. The minimum absolute atomic E-state index is 0.695. The van der Waals surface area contributed by atoms with Gasteiger partial charge in [-0.25, -0.2) is 0 Å². The SMILES string of the molecule is COc1ccc(CNc2ccc(Oc3ccc(Cl)cc3)cc2)cc1.